The molecule has 0 aromatic heterocycles. The smallest absolute Gasteiger partial charge is 1.00 e. The maximum Gasteiger partial charge on any atom is 1.00 e. The Kier molecular flexibility index (Phi) is 7.12. The topological polar surface area (TPSA) is 63.6 Å². The number of ether oxygens (including phenoxy) is 1. The van der Waals surface area contributed by atoms with Crippen LogP contribution in [0.4, 0.5) is 0 Å². The largest absolute Gasteiger partial charge is 1.00 e. The maximum absolute atomic E-state index is 11.1. The Morgan fingerprint density at radius 2 is 2.00 bits per heavy atom. The first kappa shape index (κ1) is 15.4. The SMILES string of the molecule is CC(=O)SCC1(C(=O)O)CCOCC1.[H-].[Na+]. The Morgan fingerprint density at radius 3 is 2.40 bits per heavy atom. The number of carboxylic acid groups (broad SMARTS) is 1. The van der Waals surface area contributed by atoms with Crippen molar-refractivity contribution < 1.29 is 50.4 Å². The third-order valence-corrected chi connectivity index (χ3v) is 3.56. The van der Waals surface area contributed by atoms with Gasteiger partial charge in [0.15, 0.2) is 5.12 Å². The fourth-order valence-corrected chi connectivity index (χ4v) is 2.31. The molecule has 0 amide bonds. The summed E-state index contributed by atoms with van der Waals surface area (Å²) in [5.41, 5.74) is -0.755. The molecule has 1 saturated heterocycles. The second kappa shape index (κ2) is 6.91. The first-order valence-electron chi connectivity index (χ1n) is 4.51. The van der Waals surface area contributed by atoms with Gasteiger partial charge >= 0.3 is 35.5 Å². The molecule has 0 bridgehead atoms. The Labute approximate surface area is 117 Å². The molecule has 0 aromatic carbocycles. The third-order valence-electron chi connectivity index (χ3n) is 2.46. The molecule has 1 fully saturated rings. The summed E-state index contributed by atoms with van der Waals surface area (Å²) in [7, 11) is 0. The van der Waals surface area contributed by atoms with Gasteiger partial charge in [0, 0.05) is 25.9 Å². The van der Waals surface area contributed by atoms with Crippen LogP contribution in [0.25, 0.3) is 0 Å². The van der Waals surface area contributed by atoms with Gasteiger partial charge < -0.3 is 11.3 Å². The average Bonchev–Trinajstić information content (AvgIpc) is 2.16. The Balaban J connectivity index is 0. The molecule has 15 heavy (non-hydrogen) atoms. The van der Waals surface area contributed by atoms with Crippen LogP contribution in [0.3, 0.4) is 0 Å². The van der Waals surface area contributed by atoms with Crippen LogP contribution in [0.5, 0.6) is 0 Å². The number of aliphatic carboxylic acids is 1. The zero-order valence-electron chi connectivity index (χ0n) is 10.1. The van der Waals surface area contributed by atoms with Gasteiger partial charge in [-0.2, -0.15) is 0 Å². The van der Waals surface area contributed by atoms with Crippen LogP contribution in [0, 0.1) is 5.41 Å². The van der Waals surface area contributed by atoms with Gasteiger partial charge in [0.05, 0.1) is 5.41 Å². The summed E-state index contributed by atoms with van der Waals surface area (Å²) < 4.78 is 5.12. The molecule has 82 valence electrons. The monoisotopic (exact) mass is 242 g/mol. The molecule has 1 aliphatic heterocycles. The van der Waals surface area contributed by atoms with Gasteiger partial charge in [-0.3, -0.25) is 9.59 Å². The number of thioether (sulfide) groups is 1. The predicted octanol–water partition coefficient (Wildman–Crippen LogP) is -1.74. The van der Waals surface area contributed by atoms with E-state index < -0.39 is 11.4 Å². The second-order valence-electron chi connectivity index (χ2n) is 3.48. The van der Waals surface area contributed by atoms with E-state index in [-0.39, 0.29) is 36.1 Å². The van der Waals surface area contributed by atoms with Gasteiger partial charge in [0.1, 0.15) is 0 Å². The molecule has 6 heteroatoms. The van der Waals surface area contributed by atoms with Crippen LogP contribution in [0.15, 0.2) is 0 Å². The Bertz CT molecular complexity index is 244. The Morgan fingerprint density at radius 1 is 1.47 bits per heavy atom. The summed E-state index contributed by atoms with van der Waals surface area (Å²) in [6.07, 6.45) is 1.01. The van der Waals surface area contributed by atoms with Crippen molar-refractivity contribution in [3.63, 3.8) is 0 Å². The summed E-state index contributed by atoms with van der Waals surface area (Å²) in [6, 6.07) is 0. The van der Waals surface area contributed by atoms with Crippen molar-refractivity contribution in [2.75, 3.05) is 19.0 Å². The molecule has 1 aliphatic rings. The third kappa shape index (κ3) is 4.44. The number of carbonyl (C=O) groups excluding carboxylic acids is 1. The molecule has 0 radical (unpaired) electrons. The van der Waals surface area contributed by atoms with E-state index in [9.17, 15) is 9.59 Å². The zero-order valence-corrected chi connectivity index (χ0v) is 11.9. The minimum Gasteiger partial charge on any atom is -1.00 e. The van der Waals surface area contributed by atoms with Gasteiger partial charge in [0.25, 0.3) is 0 Å². The van der Waals surface area contributed by atoms with Crippen molar-refractivity contribution in [1.82, 2.24) is 0 Å². The number of carboxylic acids is 1. The molecule has 0 aliphatic carbocycles. The first-order chi connectivity index (χ1) is 6.57. The van der Waals surface area contributed by atoms with E-state index in [0.717, 1.165) is 11.8 Å². The van der Waals surface area contributed by atoms with E-state index in [1.54, 1.807) is 0 Å². The van der Waals surface area contributed by atoms with Crippen LogP contribution in [0.1, 0.15) is 21.2 Å². The van der Waals surface area contributed by atoms with Crippen LogP contribution in [-0.4, -0.2) is 35.2 Å². The molecular formula is C9H15NaO4S. The number of carbonyl (C=O) groups is 2. The van der Waals surface area contributed by atoms with Crippen molar-refractivity contribution in [2.45, 2.75) is 19.8 Å². The molecule has 0 atom stereocenters. The van der Waals surface area contributed by atoms with Crippen molar-refractivity contribution in [3.8, 4) is 0 Å². The summed E-state index contributed by atoms with van der Waals surface area (Å²) in [4.78, 5) is 21.9. The molecule has 4 nitrogen and oxygen atoms in total. The van der Waals surface area contributed by atoms with E-state index in [1.165, 1.54) is 6.92 Å². The van der Waals surface area contributed by atoms with Crippen molar-refractivity contribution in [2.24, 2.45) is 5.41 Å². The second-order valence-corrected chi connectivity index (χ2v) is 4.63. The van der Waals surface area contributed by atoms with Gasteiger partial charge in [-0.05, 0) is 12.8 Å². The zero-order chi connectivity index (χ0) is 10.6. The normalized spacial score (nSPS) is 19.0. The van der Waals surface area contributed by atoms with E-state index in [4.69, 9.17) is 9.84 Å². The molecule has 1 heterocycles. The number of hydrogen-bond acceptors (Lipinski definition) is 4. The van der Waals surface area contributed by atoms with Crippen molar-refractivity contribution >= 4 is 22.8 Å². The minimum atomic E-state index is -0.811. The van der Waals surface area contributed by atoms with E-state index >= 15 is 0 Å². The Hall–Kier alpha value is 0.450. The summed E-state index contributed by atoms with van der Waals surface area (Å²) in [5, 5.41) is 9.09. The molecule has 0 unspecified atom stereocenters. The maximum atomic E-state index is 11.1. The number of hydrogen-bond donors (Lipinski definition) is 1. The average molecular weight is 242 g/mol. The van der Waals surface area contributed by atoms with Crippen molar-refractivity contribution in [3.05, 3.63) is 0 Å². The minimum absolute atomic E-state index is 0. The number of rotatable bonds is 3. The van der Waals surface area contributed by atoms with Crippen LogP contribution in [-0.2, 0) is 14.3 Å². The molecule has 1 N–H and O–H groups in total. The fourth-order valence-electron chi connectivity index (χ4n) is 1.42. The standard InChI is InChI=1S/C9H14O4S.Na.H/c1-7(10)14-6-9(8(11)12)2-4-13-5-3-9;;/h2-6H2,1H3,(H,11,12);;/q;+1;-1. The summed E-state index contributed by atoms with van der Waals surface area (Å²) in [6.45, 7) is 2.41. The molecular weight excluding hydrogens is 227 g/mol. The van der Waals surface area contributed by atoms with Crippen LogP contribution < -0.4 is 29.6 Å². The van der Waals surface area contributed by atoms with Crippen molar-refractivity contribution in [1.29, 1.82) is 0 Å². The van der Waals surface area contributed by atoms with Gasteiger partial charge in [-0.15, -0.1) is 0 Å². The molecule has 0 saturated carbocycles. The van der Waals surface area contributed by atoms with E-state index in [2.05, 4.69) is 0 Å². The van der Waals surface area contributed by atoms with E-state index in [0.29, 0.717) is 31.8 Å². The van der Waals surface area contributed by atoms with E-state index in [1.807, 2.05) is 0 Å². The molecule has 0 spiro atoms. The molecule has 1 rings (SSSR count). The summed E-state index contributed by atoms with van der Waals surface area (Å²) >= 11 is 1.09. The quantitative estimate of drug-likeness (QED) is 0.596. The summed E-state index contributed by atoms with van der Waals surface area (Å²) in [5.74, 6) is -0.448. The van der Waals surface area contributed by atoms with Crippen LogP contribution in [0.2, 0.25) is 0 Å². The van der Waals surface area contributed by atoms with Gasteiger partial charge in [-0.1, -0.05) is 11.8 Å². The van der Waals surface area contributed by atoms with Gasteiger partial charge in [-0.25, -0.2) is 0 Å². The predicted molar refractivity (Wildman–Crippen MR) is 54.4 cm³/mol. The fraction of sp³-hybridized carbons (Fsp3) is 0.778. The molecule has 0 aromatic rings. The van der Waals surface area contributed by atoms with Crippen LogP contribution >= 0.6 is 11.8 Å². The van der Waals surface area contributed by atoms with Gasteiger partial charge in [0.2, 0.25) is 0 Å². The first-order valence-corrected chi connectivity index (χ1v) is 5.50.